The Bertz CT molecular complexity index is 438. The molecule has 78 valence electrons. The number of carboxylic acids is 1. The molecule has 0 aromatic heterocycles. The summed E-state index contributed by atoms with van der Waals surface area (Å²) in [5, 5.41) is 9.17. The van der Waals surface area contributed by atoms with Gasteiger partial charge in [-0.3, -0.25) is 4.79 Å². The summed E-state index contributed by atoms with van der Waals surface area (Å²) in [5.74, 6) is -0.473. The van der Waals surface area contributed by atoms with Crippen LogP contribution < -0.4 is 0 Å². The van der Waals surface area contributed by atoms with Crippen LogP contribution in [-0.4, -0.2) is 11.1 Å². The van der Waals surface area contributed by atoms with E-state index in [0.29, 0.717) is 5.92 Å². The highest BCUT2D eigenvalue weighted by Gasteiger charge is 2.68. The first kappa shape index (κ1) is 8.96. The van der Waals surface area contributed by atoms with Gasteiger partial charge in [-0.25, -0.2) is 0 Å². The fourth-order valence-corrected chi connectivity index (χ4v) is 3.53. The van der Waals surface area contributed by atoms with E-state index in [-0.39, 0.29) is 11.3 Å². The number of benzene rings is 1. The minimum Gasteiger partial charge on any atom is -0.481 e. The monoisotopic (exact) mass is 202 g/mol. The van der Waals surface area contributed by atoms with Crippen molar-refractivity contribution < 1.29 is 9.90 Å². The Balaban J connectivity index is 2.08. The zero-order valence-corrected chi connectivity index (χ0v) is 8.73. The lowest BCUT2D eigenvalue weighted by Gasteiger charge is -2.09. The number of hydrogen-bond donors (Lipinski definition) is 1. The third-order valence-corrected chi connectivity index (χ3v) is 4.35. The first-order valence-electron chi connectivity index (χ1n) is 5.49. The fourth-order valence-electron chi connectivity index (χ4n) is 3.53. The molecule has 3 unspecified atom stereocenters. The van der Waals surface area contributed by atoms with Gasteiger partial charge in [-0.1, -0.05) is 31.2 Å². The number of aryl methyl sites for hydroxylation is 1. The van der Waals surface area contributed by atoms with Crippen molar-refractivity contribution in [3.63, 3.8) is 0 Å². The molecule has 1 spiro atoms. The standard InChI is InChI=1S/C13H14O2/c1-8-11(12(14)15)13(8)7-6-9-4-2-3-5-10(9)13/h2-5,8,11H,6-7H2,1H3,(H,14,15). The highest BCUT2D eigenvalue weighted by Crippen LogP contribution is 2.65. The molecule has 0 amide bonds. The quantitative estimate of drug-likeness (QED) is 0.758. The second-order valence-corrected chi connectivity index (χ2v) is 4.80. The van der Waals surface area contributed by atoms with Crippen molar-refractivity contribution in [1.29, 1.82) is 0 Å². The summed E-state index contributed by atoms with van der Waals surface area (Å²) in [4.78, 5) is 11.1. The Morgan fingerprint density at radius 1 is 1.47 bits per heavy atom. The fraction of sp³-hybridized carbons (Fsp3) is 0.462. The van der Waals surface area contributed by atoms with Crippen molar-refractivity contribution in [3.05, 3.63) is 35.4 Å². The summed E-state index contributed by atoms with van der Waals surface area (Å²) in [5.41, 5.74) is 2.63. The van der Waals surface area contributed by atoms with Gasteiger partial charge in [0.2, 0.25) is 0 Å². The van der Waals surface area contributed by atoms with Crippen molar-refractivity contribution in [2.24, 2.45) is 11.8 Å². The van der Waals surface area contributed by atoms with E-state index in [1.165, 1.54) is 11.1 Å². The lowest BCUT2D eigenvalue weighted by Crippen LogP contribution is -2.11. The van der Waals surface area contributed by atoms with Gasteiger partial charge in [-0.05, 0) is 29.9 Å². The van der Waals surface area contributed by atoms with E-state index < -0.39 is 5.97 Å². The normalized spacial score (nSPS) is 36.6. The Morgan fingerprint density at radius 2 is 2.20 bits per heavy atom. The topological polar surface area (TPSA) is 37.3 Å². The van der Waals surface area contributed by atoms with E-state index in [4.69, 9.17) is 0 Å². The molecule has 2 aliphatic carbocycles. The molecule has 0 aliphatic heterocycles. The molecule has 3 atom stereocenters. The van der Waals surface area contributed by atoms with Crippen molar-refractivity contribution in [2.45, 2.75) is 25.2 Å². The average molecular weight is 202 g/mol. The summed E-state index contributed by atoms with van der Waals surface area (Å²) < 4.78 is 0. The van der Waals surface area contributed by atoms with Crippen molar-refractivity contribution in [2.75, 3.05) is 0 Å². The molecule has 1 aromatic carbocycles. The van der Waals surface area contributed by atoms with Gasteiger partial charge in [0.15, 0.2) is 0 Å². The Hall–Kier alpha value is -1.31. The van der Waals surface area contributed by atoms with Crippen molar-refractivity contribution >= 4 is 5.97 Å². The van der Waals surface area contributed by atoms with Crippen LogP contribution in [0.3, 0.4) is 0 Å². The summed E-state index contributed by atoms with van der Waals surface area (Å²) >= 11 is 0. The molecule has 0 bridgehead atoms. The summed E-state index contributed by atoms with van der Waals surface area (Å²) in [6, 6.07) is 8.31. The summed E-state index contributed by atoms with van der Waals surface area (Å²) in [6.07, 6.45) is 2.06. The van der Waals surface area contributed by atoms with Gasteiger partial charge in [0.05, 0.1) is 5.92 Å². The molecule has 0 saturated heterocycles. The average Bonchev–Trinajstić information content (AvgIpc) is 2.64. The second kappa shape index (κ2) is 2.63. The first-order valence-corrected chi connectivity index (χ1v) is 5.49. The number of hydrogen-bond acceptors (Lipinski definition) is 1. The molecule has 15 heavy (non-hydrogen) atoms. The number of fused-ring (bicyclic) bond motifs is 2. The van der Waals surface area contributed by atoms with Crippen LogP contribution in [-0.2, 0) is 16.6 Å². The largest absolute Gasteiger partial charge is 0.481 e. The first-order chi connectivity index (χ1) is 7.18. The van der Waals surface area contributed by atoms with E-state index >= 15 is 0 Å². The van der Waals surface area contributed by atoms with Gasteiger partial charge in [0.25, 0.3) is 0 Å². The lowest BCUT2D eigenvalue weighted by molar-refractivity contribution is -0.139. The molecule has 1 saturated carbocycles. The van der Waals surface area contributed by atoms with Gasteiger partial charge < -0.3 is 5.11 Å². The zero-order chi connectivity index (χ0) is 10.6. The zero-order valence-electron chi connectivity index (χ0n) is 8.73. The number of aliphatic carboxylic acids is 1. The van der Waals surface area contributed by atoms with E-state index in [1.807, 2.05) is 12.1 Å². The van der Waals surface area contributed by atoms with Gasteiger partial charge in [-0.2, -0.15) is 0 Å². The van der Waals surface area contributed by atoms with Gasteiger partial charge in [-0.15, -0.1) is 0 Å². The Kier molecular flexibility index (Phi) is 1.57. The number of carbonyl (C=O) groups is 1. The van der Waals surface area contributed by atoms with E-state index in [1.54, 1.807) is 0 Å². The smallest absolute Gasteiger partial charge is 0.307 e. The highest BCUT2D eigenvalue weighted by molar-refractivity contribution is 5.79. The molecule has 2 nitrogen and oxygen atoms in total. The van der Waals surface area contributed by atoms with Crippen molar-refractivity contribution in [3.8, 4) is 0 Å². The van der Waals surface area contributed by atoms with Crippen LogP contribution in [0.15, 0.2) is 24.3 Å². The molecule has 0 radical (unpaired) electrons. The van der Waals surface area contributed by atoms with Crippen LogP contribution in [0.25, 0.3) is 0 Å². The third kappa shape index (κ3) is 0.921. The maximum absolute atomic E-state index is 11.1. The van der Waals surface area contributed by atoms with Crippen LogP contribution in [0.4, 0.5) is 0 Å². The Morgan fingerprint density at radius 3 is 2.87 bits per heavy atom. The van der Waals surface area contributed by atoms with Gasteiger partial charge >= 0.3 is 5.97 Å². The number of rotatable bonds is 1. The minimum atomic E-state index is -0.626. The van der Waals surface area contributed by atoms with Crippen LogP contribution in [0, 0.1) is 11.8 Å². The third-order valence-electron chi connectivity index (χ3n) is 4.35. The molecule has 0 heterocycles. The lowest BCUT2D eigenvalue weighted by atomic mass is 9.94. The van der Waals surface area contributed by atoms with E-state index in [9.17, 15) is 9.90 Å². The molecule has 2 aliphatic rings. The predicted octanol–water partition coefficient (Wildman–Crippen LogP) is 2.22. The minimum absolute atomic E-state index is 0.0254. The maximum Gasteiger partial charge on any atom is 0.307 e. The predicted molar refractivity (Wildman–Crippen MR) is 56.7 cm³/mol. The molecule has 1 aromatic rings. The summed E-state index contributed by atoms with van der Waals surface area (Å²) in [6.45, 7) is 2.07. The molecule has 3 rings (SSSR count). The molecular weight excluding hydrogens is 188 g/mol. The highest BCUT2D eigenvalue weighted by atomic mass is 16.4. The second-order valence-electron chi connectivity index (χ2n) is 4.80. The van der Waals surface area contributed by atoms with Crippen LogP contribution in [0.5, 0.6) is 0 Å². The van der Waals surface area contributed by atoms with Crippen molar-refractivity contribution in [1.82, 2.24) is 0 Å². The molecule has 1 fully saturated rings. The van der Waals surface area contributed by atoms with Crippen LogP contribution >= 0.6 is 0 Å². The number of carboxylic acid groups (broad SMARTS) is 1. The molecule has 2 heteroatoms. The summed E-state index contributed by atoms with van der Waals surface area (Å²) in [7, 11) is 0. The maximum atomic E-state index is 11.1. The van der Waals surface area contributed by atoms with E-state index in [0.717, 1.165) is 12.8 Å². The van der Waals surface area contributed by atoms with Gasteiger partial charge in [0.1, 0.15) is 0 Å². The molecular formula is C13H14O2. The van der Waals surface area contributed by atoms with Crippen LogP contribution in [0.1, 0.15) is 24.5 Å². The van der Waals surface area contributed by atoms with E-state index in [2.05, 4.69) is 19.1 Å². The van der Waals surface area contributed by atoms with Crippen LogP contribution in [0.2, 0.25) is 0 Å². The Labute approximate surface area is 88.9 Å². The van der Waals surface area contributed by atoms with Gasteiger partial charge in [0, 0.05) is 5.41 Å². The SMILES string of the molecule is CC1C(C(=O)O)C12CCc1ccccc12. The molecule has 1 N–H and O–H groups in total.